The van der Waals surface area contributed by atoms with Crippen LogP contribution in [0.5, 0.6) is 0 Å². The van der Waals surface area contributed by atoms with Crippen LogP contribution in [-0.4, -0.2) is 24.9 Å². The van der Waals surface area contributed by atoms with Crippen LogP contribution >= 0.6 is 0 Å². The number of pyridine rings is 1. The summed E-state index contributed by atoms with van der Waals surface area (Å²) in [4.78, 5) is 4.23. The van der Waals surface area contributed by atoms with Gasteiger partial charge in [-0.05, 0) is 25.6 Å². The van der Waals surface area contributed by atoms with Crippen LogP contribution in [0, 0.1) is 0 Å². The normalized spacial score (nSPS) is 12.1. The van der Waals surface area contributed by atoms with Crippen LogP contribution in [0.25, 0.3) is 5.52 Å². The molecule has 0 aromatic carbocycles. The number of hydrogen-bond donors (Lipinski definition) is 1. The summed E-state index contributed by atoms with van der Waals surface area (Å²) in [6, 6.07) is 5.43. The van der Waals surface area contributed by atoms with Gasteiger partial charge in [0.1, 0.15) is 5.82 Å². The molecule has 17 heavy (non-hydrogen) atoms. The van der Waals surface area contributed by atoms with Crippen LogP contribution in [0.4, 0.5) is 0 Å². The molecule has 0 aliphatic rings. The van der Waals surface area contributed by atoms with Crippen molar-refractivity contribution in [2.75, 3.05) is 7.05 Å². The van der Waals surface area contributed by atoms with E-state index in [9.17, 15) is 8.42 Å². The minimum Gasteiger partial charge on any atom is -0.302 e. The summed E-state index contributed by atoms with van der Waals surface area (Å²) < 4.78 is 27.8. The first-order valence-electron chi connectivity index (χ1n) is 5.49. The summed E-state index contributed by atoms with van der Waals surface area (Å²) in [5.74, 6) is 0.775. The monoisotopic (exact) mass is 253 g/mol. The maximum absolute atomic E-state index is 11.8. The predicted molar refractivity (Wildman–Crippen MR) is 65.4 cm³/mol. The molecule has 2 aromatic heterocycles. The van der Waals surface area contributed by atoms with Gasteiger partial charge in [0.25, 0.3) is 10.0 Å². The lowest BCUT2D eigenvalue weighted by Gasteiger charge is -1.98. The van der Waals surface area contributed by atoms with Crippen molar-refractivity contribution in [3.05, 3.63) is 30.2 Å². The number of imidazole rings is 1. The fourth-order valence-corrected chi connectivity index (χ4v) is 2.63. The Morgan fingerprint density at radius 1 is 1.41 bits per heavy atom. The molecule has 0 fully saturated rings. The van der Waals surface area contributed by atoms with E-state index >= 15 is 0 Å². The van der Waals surface area contributed by atoms with Crippen molar-refractivity contribution in [3.63, 3.8) is 0 Å². The van der Waals surface area contributed by atoms with Crippen LogP contribution in [0.1, 0.15) is 19.2 Å². The van der Waals surface area contributed by atoms with Gasteiger partial charge in [-0.2, -0.15) is 0 Å². The van der Waals surface area contributed by atoms with Gasteiger partial charge in [-0.25, -0.2) is 18.1 Å². The Labute approximate surface area is 101 Å². The molecule has 0 saturated heterocycles. The van der Waals surface area contributed by atoms with Gasteiger partial charge >= 0.3 is 0 Å². The van der Waals surface area contributed by atoms with Crippen LogP contribution in [-0.2, 0) is 16.4 Å². The molecule has 0 aliphatic carbocycles. The van der Waals surface area contributed by atoms with Gasteiger partial charge in [0.15, 0.2) is 5.03 Å². The summed E-state index contributed by atoms with van der Waals surface area (Å²) in [5.41, 5.74) is 0.616. The number of sulfonamides is 1. The van der Waals surface area contributed by atoms with Crippen molar-refractivity contribution in [1.29, 1.82) is 0 Å². The Morgan fingerprint density at radius 3 is 2.82 bits per heavy atom. The lowest BCUT2D eigenvalue weighted by molar-refractivity contribution is 0.585. The van der Waals surface area contributed by atoms with Gasteiger partial charge in [-0.3, -0.25) is 0 Å². The third-order valence-electron chi connectivity index (χ3n) is 2.58. The largest absolute Gasteiger partial charge is 0.302 e. The number of hydrogen-bond acceptors (Lipinski definition) is 3. The Bertz CT molecular complexity index is 631. The Kier molecular flexibility index (Phi) is 3.17. The summed E-state index contributed by atoms with van der Waals surface area (Å²) in [6.07, 6.45) is 3.51. The number of aromatic nitrogens is 2. The molecular formula is C11H15N3O2S. The topological polar surface area (TPSA) is 63.5 Å². The van der Waals surface area contributed by atoms with Crippen LogP contribution in [0.2, 0.25) is 0 Å². The second-order valence-corrected chi connectivity index (χ2v) is 5.55. The first kappa shape index (κ1) is 12.1. The van der Waals surface area contributed by atoms with Crippen molar-refractivity contribution >= 4 is 15.5 Å². The summed E-state index contributed by atoms with van der Waals surface area (Å²) in [5, 5.41) is 0.101. The fraction of sp³-hybridized carbons (Fsp3) is 0.364. The molecule has 1 N–H and O–H groups in total. The number of fused-ring (bicyclic) bond motifs is 1. The first-order chi connectivity index (χ1) is 8.10. The van der Waals surface area contributed by atoms with E-state index < -0.39 is 10.0 Å². The molecule has 5 nitrogen and oxygen atoms in total. The smallest absolute Gasteiger partial charge is 0.259 e. The van der Waals surface area contributed by atoms with Gasteiger partial charge in [0.05, 0.1) is 5.52 Å². The Hall–Kier alpha value is -1.40. The molecule has 0 radical (unpaired) electrons. The molecule has 0 unspecified atom stereocenters. The van der Waals surface area contributed by atoms with Crippen LogP contribution in [0.15, 0.2) is 29.4 Å². The highest BCUT2D eigenvalue weighted by Crippen LogP contribution is 2.18. The standard InChI is InChI=1S/C11H15N3O2S/c1-3-6-10-13-11(17(15,16)12-2)9-7-4-5-8-14(9)10/h4-5,7-8,12H,3,6H2,1-2H3. The van der Waals surface area contributed by atoms with Crippen LogP contribution in [0.3, 0.4) is 0 Å². The molecule has 0 bridgehead atoms. The lowest BCUT2D eigenvalue weighted by atomic mass is 10.3. The third-order valence-corrected chi connectivity index (χ3v) is 3.93. The SMILES string of the molecule is CCCc1nc(S(=O)(=O)NC)c2ccccn12. The quantitative estimate of drug-likeness (QED) is 0.890. The molecule has 0 spiro atoms. The molecule has 2 aromatic rings. The van der Waals surface area contributed by atoms with E-state index in [1.807, 2.05) is 23.6 Å². The number of rotatable bonds is 4. The van der Waals surface area contributed by atoms with Crippen LogP contribution < -0.4 is 4.72 Å². The zero-order valence-corrected chi connectivity index (χ0v) is 10.7. The van der Waals surface area contributed by atoms with Crippen molar-refractivity contribution < 1.29 is 8.42 Å². The third kappa shape index (κ3) is 2.05. The molecular weight excluding hydrogens is 238 g/mol. The molecule has 2 heterocycles. The molecule has 0 amide bonds. The zero-order valence-electron chi connectivity index (χ0n) is 9.84. The number of nitrogens with one attached hydrogen (secondary N) is 1. The molecule has 92 valence electrons. The van der Waals surface area contributed by atoms with E-state index in [4.69, 9.17) is 0 Å². The first-order valence-corrected chi connectivity index (χ1v) is 6.98. The second kappa shape index (κ2) is 4.46. The Morgan fingerprint density at radius 2 is 2.18 bits per heavy atom. The van der Waals surface area contributed by atoms with Gasteiger partial charge in [0, 0.05) is 12.6 Å². The maximum Gasteiger partial charge on any atom is 0.259 e. The highest BCUT2D eigenvalue weighted by Gasteiger charge is 2.20. The lowest BCUT2D eigenvalue weighted by Crippen LogP contribution is -2.19. The van der Waals surface area contributed by atoms with Crippen molar-refractivity contribution in [1.82, 2.24) is 14.1 Å². The van der Waals surface area contributed by atoms with Crippen molar-refractivity contribution in [2.45, 2.75) is 24.8 Å². The predicted octanol–water partition coefficient (Wildman–Crippen LogP) is 1.19. The zero-order chi connectivity index (χ0) is 12.5. The Balaban J connectivity index is 2.73. The van der Waals surface area contributed by atoms with Crippen molar-refractivity contribution in [2.24, 2.45) is 0 Å². The van der Waals surface area contributed by atoms with Gasteiger partial charge in [-0.15, -0.1) is 0 Å². The van der Waals surface area contributed by atoms with Gasteiger partial charge in [0.2, 0.25) is 0 Å². The van der Waals surface area contributed by atoms with Gasteiger partial charge < -0.3 is 4.40 Å². The average Bonchev–Trinajstić information content (AvgIpc) is 2.70. The molecule has 2 rings (SSSR count). The minimum atomic E-state index is -3.50. The fourth-order valence-electron chi connectivity index (χ4n) is 1.77. The minimum absolute atomic E-state index is 0.101. The average molecular weight is 253 g/mol. The summed E-state index contributed by atoms with van der Waals surface area (Å²) in [7, 11) is -2.11. The highest BCUT2D eigenvalue weighted by atomic mass is 32.2. The molecule has 0 atom stereocenters. The van der Waals surface area contributed by atoms with E-state index in [-0.39, 0.29) is 5.03 Å². The molecule has 0 aliphatic heterocycles. The van der Waals surface area contributed by atoms with E-state index in [1.54, 1.807) is 12.1 Å². The summed E-state index contributed by atoms with van der Waals surface area (Å²) >= 11 is 0. The van der Waals surface area contributed by atoms with E-state index in [2.05, 4.69) is 9.71 Å². The van der Waals surface area contributed by atoms with E-state index in [1.165, 1.54) is 7.05 Å². The van der Waals surface area contributed by atoms with Gasteiger partial charge in [-0.1, -0.05) is 13.0 Å². The highest BCUT2D eigenvalue weighted by molar-refractivity contribution is 7.89. The van der Waals surface area contributed by atoms with E-state index in [0.29, 0.717) is 5.52 Å². The van der Waals surface area contributed by atoms with E-state index in [0.717, 1.165) is 18.7 Å². The van der Waals surface area contributed by atoms with Crippen molar-refractivity contribution in [3.8, 4) is 0 Å². The number of nitrogens with zero attached hydrogens (tertiary/aromatic N) is 2. The molecule has 0 saturated carbocycles. The second-order valence-electron chi connectivity index (χ2n) is 3.75. The summed E-state index contributed by atoms with van der Waals surface area (Å²) in [6.45, 7) is 2.04. The molecule has 6 heteroatoms. The number of aryl methyl sites for hydroxylation is 1. The maximum atomic E-state index is 11.8.